The number of hydrogen-bond acceptors (Lipinski definition) is 4. The maximum atomic E-state index is 11.8. The number of hydrogen-bond donors (Lipinski definition) is 3. The molecule has 15 heavy (non-hydrogen) atoms. The lowest BCUT2D eigenvalue weighted by Crippen LogP contribution is -2.60. The maximum absolute atomic E-state index is 11.8. The molecule has 0 radical (unpaired) electrons. The quantitative estimate of drug-likeness (QED) is 0.357. The van der Waals surface area contributed by atoms with Crippen molar-refractivity contribution < 1.29 is 9.36 Å². The van der Waals surface area contributed by atoms with Crippen LogP contribution >= 0.6 is 7.95 Å². The van der Waals surface area contributed by atoms with Crippen LogP contribution in [-0.4, -0.2) is 29.3 Å². The van der Waals surface area contributed by atoms with E-state index in [4.69, 9.17) is 11.6 Å². The lowest BCUT2D eigenvalue weighted by atomic mass is 10.1. The minimum absolute atomic E-state index is 0.422. The third-order valence-electron chi connectivity index (χ3n) is 2.46. The number of carbonyl (C=O) groups excluding carboxylic acids is 1. The zero-order chi connectivity index (χ0) is 11.5. The molecule has 7 heteroatoms. The highest BCUT2D eigenvalue weighted by molar-refractivity contribution is 7.45. The van der Waals surface area contributed by atoms with E-state index >= 15 is 0 Å². The Hall–Kier alpha value is -0.550. The van der Waals surface area contributed by atoms with Crippen molar-refractivity contribution in [3.05, 3.63) is 0 Å². The second-order valence-corrected chi connectivity index (χ2v) is 5.43. The summed E-state index contributed by atoms with van der Waals surface area (Å²) < 4.78 is 11.8. The normalized spacial score (nSPS) is 28.1. The molecule has 0 aromatic heterocycles. The lowest BCUT2D eigenvalue weighted by molar-refractivity contribution is -0.136. The topological polar surface area (TPSA) is 101 Å². The molecule has 86 valence electrons. The minimum Gasteiger partial charge on any atom is -0.275 e. The van der Waals surface area contributed by atoms with Crippen LogP contribution in [0.1, 0.15) is 26.2 Å². The molecular weight excluding hydrogens is 215 g/mol. The summed E-state index contributed by atoms with van der Waals surface area (Å²) in [4.78, 5) is 11.7. The SMILES string of the molecule is CCCN[P+](=O)[C@@]1(N)CCCN(N)C1=O. The van der Waals surface area contributed by atoms with Gasteiger partial charge in [0.15, 0.2) is 0 Å². The second-order valence-electron chi connectivity index (χ2n) is 3.73. The van der Waals surface area contributed by atoms with Crippen LogP contribution in [0.2, 0.25) is 0 Å². The van der Waals surface area contributed by atoms with E-state index in [1.54, 1.807) is 0 Å². The van der Waals surface area contributed by atoms with E-state index in [2.05, 4.69) is 5.09 Å². The summed E-state index contributed by atoms with van der Waals surface area (Å²) in [7, 11) is -1.95. The predicted molar refractivity (Wildman–Crippen MR) is 58.0 cm³/mol. The van der Waals surface area contributed by atoms with Crippen molar-refractivity contribution in [1.29, 1.82) is 0 Å². The lowest BCUT2D eigenvalue weighted by Gasteiger charge is -2.29. The van der Waals surface area contributed by atoms with Gasteiger partial charge in [-0.1, -0.05) is 6.92 Å². The molecule has 1 aliphatic rings. The Labute approximate surface area is 90.2 Å². The van der Waals surface area contributed by atoms with E-state index in [1.165, 1.54) is 0 Å². The highest BCUT2D eigenvalue weighted by atomic mass is 31.1. The molecule has 1 rings (SSSR count). The molecule has 1 saturated heterocycles. The van der Waals surface area contributed by atoms with Crippen LogP contribution in [0.25, 0.3) is 0 Å². The Kier molecular flexibility index (Phi) is 4.16. The van der Waals surface area contributed by atoms with Crippen molar-refractivity contribution in [2.75, 3.05) is 13.1 Å². The van der Waals surface area contributed by atoms with Gasteiger partial charge in [-0.05, 0) is 17.4 Å². The van der Waals surface area contributed by atoms with Gasteiger partial charge in [-0.25, -0.2) is 5.84 Å². The summed E-state index contributed by atoms with van der Waals surface area (Å²) in [6.45, 7) is 3.03. The summed E-state index contributed by atoms with van der Waals surface area (Å²) in [5.74, 6) is 5.04. The Morgan fingerprint density at radius 3 is 2.93 bits per heavy atom. The number of piperidine rings is 1. The van der Waals surface area contributed by atoms with Gasteiger partial charge in [-0.3, -0.25) is 15.5 Å². The number of nitrogens with two attached hydrogens (primary N) is 2. The monoisotopic (exact) mass is 233 g/mol. The number of carbonyl (C=O) groups is 1. The van der Waals surface area contributed by atoms with Gasteiger partial charge in [-0.15, -0.1) is 5.09 Å². The van der Waals surface area contributed by atoms with Gasteiger partial charge < -0.3 is 0 Å². The molecule has 1 heterocycles. The summed E-state index contributed by atoms with van der Waals surface area (Å²) in [5, 5.41) is 2.51. The van der Waals surface area contributed by atoms with Crippen molar-refractivity contribution in [1.82, 2.24) is 10.1 Å². The Morgan fingerprint density at radius 1 is 1.67 bits per heavy atom. The molecule has 1 aliphatic heterocycles. The standard InChI is InChI=1S/C8H18N4O2P/c1-2-5-11-15(14)8(9)4-3-6-12(10)7(8)13/h2-6,9-10H2,1H3,(H,11,14)/q+1/t8-/m0/s1. The molecule has 5 N–H and O–H groups in total. The van der Waals surface area contributed by atoms with Crippen LogP contribution in [0.3, 0.4) is 0 Å². The average Bonchev–Trinajstić information content (AvgIpc) is 2.22. The Morgan fingerprint density at radius 2 is 2.33 bits per heavy atom. The van der Waals surface area contributed by atoms with Crippen molar-refractivity contribution in [3.8, 4) is 0 Å². The summed E-state index contributed by atoms with van der Waals surface area (Å²) in [6.07, 6.45) is 1.96. The number of hydrazine groups is 1. The van der Waals surface area contributed by atoms with E-state index < -0.39 is 19.1 Å². The van der Waals surface area contributed by atoms with Crippen LogP contribution in [0, 0.1) is 0 Å². The molecule has 6 nitrogen and oxygen atoms in total. The first-order valence-corrected chi connectivity index (χ1v) is 6.34. The first-order chi connectivity index (χ1) is 7.02. The van der Waals surface area contributed by atoms with Gasteiger partial charge >= 0.3 is 19.1 Å². The zero-order valence-corrected chi connectivity index (χ0v) is 9.80. The van der Waals surface area contributed by atoms with E-state index in [0.29, 0.717) is 25.9 Å². The molecule has 2 atom stereocenters. The highest BCUT2D eigenvalue weighted by Gasteiger charge is 2.56. The van der Waals surface area contributed by atoms with Crippen LogP contribution in [-0.2, 0) is 9.36 Å². The Bertz CT molecular complexity index is 273. The molecule has 0 aliphatic carbocycles. The number of nitrogens with zero attached hydrogens (tertiary/aromatic N) is 1. The number of rotatable bonds is 4. The van der Waals surface area contributed by atoms with Gasteiger partial charge in [0.25, 0.3) is 0 Å². The third kappa shape index (κ3) is 2.52. The highest BCUT2D eigenvalue weighted by Crippen LogP contribution is 2.38. The minimum atomic E-state index is -1.95. The summed E-state index contributed by atoms with van der Waals surface area (Å²) >= 11 is 0. The molecule has 1 amide bonds. The molecular formula is C8H18N4O2P+. The fourth-order valence-corrected chi connectivity index (χ4v) is 2.89. The summed E-state index contributed by atoms with van der Waals surface area (Å²) in [5.41, 5.74) is 5.86. The molecule has 0 saturated carbocycles. The third-order valence-corrected chi connectivity index (χ3v) is 4.11. The fraction of sp³-hybridized carbons (Fsp3) is 0.875. The van der Waals surface area contributed by atoms with E-state index in [-0.39, 0.29) is 0 Å². The molecule has 0 aromatic rings. The van der Waals surface area contributed by atoms with Crippen LogP contribution in [0.4, 0.5) is 0 Å². The van der Waals surface area contributed by atoms with Crippen molar-refractivity contribution in [3.63, 3.8) is 0 Å². The molecule has 1 fully saturated rings. The van der Waals surface area contributed by atoms with Gasteiger partial charge in [0.2, 0.25) is 0 Å². The van der Waals surface area contributed by atoms with E-state index in [9.17, 15) is 9.36 Å². The Balaban J connectivity index is 2.71. The van der Waals surface area contributed by atoms with E-state index in [0.717, 1.165) is 11.4 Å². The summed E-state index contributed by atoms with van der Waals surface area (Å²) in [6, 6.07) is 0. The predicted octanol–water partition coefficient (Wildman–Crippen LogP) is -0.120. The first-order valence-electron chi connectivity index (χ1n) is 5.08. The van der Waals surface area contributed by atoms with Gasteiger partial charge in [0.1, 0.15) is 0 Å². The molecule has 1 unspecified atom stereocenters. The smallest absolute Gasteiger partial charge is 0.275 e. The maximum Gasteiger partial charge on any atom is 0.464 e. The fourth-order valence-electron chi connectivity index (χ4n) is 1.52. The largest absolute Gasteiger partial charge is 0.464 e. The van der Waals surface area contributed by atoms with Gasteiger partial charge in [0, 0.05) is 19.5 Å². The van der Waals surface area contributed by atoms with Crippen LogP contribution in [0.15, 0.2) is 0 Å². The van der Waals surface area contributed by atoms with E-state index in [1.807, 2.05) is 6.92 Å². The van der Waals surface area contributed by atoms with Crippen molar-refractivity contribution in [2.24, 2.45) is 11.6 Å². The molecule has 0 bridgehead atoms. The van der Waals surface area contributed by atoms with Gasteiger partial charge in [0.05, 0.1) is 0 Å². The zero-order valence-electron chi connectivity index (χ0n) is 8.90. The van der Waals surface area contributed by atoms with Crippen molar-refractivity contribution in [2.45, 2.75) is 31.5 Å². The van der Waals surface area contributed by atoms with Crippen LogP contribution < -0.4 is 16.7 Å². The second kappa shape index (κ2) is 4.99. The number of amides is 1. The number of nitrogens with one attached hydrogen (secondary N) is 1. The van der Waals surface area contributed by atoms with Crippen LogP contribution in [0.5, 0.6) is 0 Å². The molecule has 0 aromatic carbocycles. The molecule has 0 spiro atoms. The first kappa shape index (κ1) is 12.5. The van der Waals surface area contributed by atoms with Crippen molar-refractivity contribution >= 4 is 13.9 Å². The average molecular weight is 233 g/mol. The van der Waals surface area contributed by atoms with Gasteiger partial charge in [-0.2, -0.15) is 0 Å².